The predicted molar refractivity (Wildman–Crippen MR) is 113 cm³/mol. The molecule has 0 spiro atoms. The van der Waals surface area contributed by atoms with Crippen LogP contribution in [-0.4, -0.2) is 55.5 Å². The quantitative estimate of drug-likeness (QED) is 0.294. The standard InChI is InChI=1S/C17H26ClN5O.HI/c1-19-16(24)11-13-6-9-23(10-7-13)17(20-2)21-8-5-14-3-4-15(18)22-12-14;/h3-4,12-13H,5-11H2,1-2H3,(H,19,24)(H,20,21);1H. The highest BCUT2D eigenvalue weighted by molar-refractivity contribution is 14.0. The normalized spacial score (nSPS) is 15.5. The van der Waals surface area contributed by atoms with E-state index >= 15 is 0 Å². The number of hydrogen-bond acceptors (Lipinski definition) is 3. The largest absolute Gasteiger partial charge is 0.359 e. The van der Waals surface area contributed by atoms with Crippen molar-refractivity contribution in [1.29, 1.82) is 0 Å². The summed E-state index contributed by atoms with van der Waals surface area (Å²) in [5.41, 5.74) is 1.15. The van der Waals surface area contributed by atoms with E-state index in [0.29, 0.717) is 17.5 Å². The fourth-order valence-electron chi connectivity index (χ4n) is 2.92. The summed E-state index contributed by atoms with van der Waals surface area (Å²) >= 11 is 5.80. The maximum absolute atomic E-state index is 11.5. The Morgan fingerprint density at radius 3 is 2.68 bits per heavy atom. The van der Waals surface area contributed by atoms with Crippen molar-refractivity contribution < 1.29 is 4.79 Å². The van der Waals surface area contributed by atoms with Gasteiger partial charge in [0.05, 0.1) is 0 Å². The molecule has 1 saturated heterocycles. The summed E-state index contributed by atoms with van der Waals surface area (Å²) in [6.45, 7) is 2.67. The molecule has 1 aliphatic rings. The number of aromatic nitrogens is 1. The molecular formula is C17H27ClIN5O. The minimum Gasteiger partial charge on any atom is -0.359 e. The Morgan fingerprint density at radius 1 is 1.40 bits per heavy atom. The zero-order valence-electron chi connectivity index (χ0n) is 14.8. The Hall–Kier alpha value is -1.09. The number of rotatable bonds is 5. The van der Waals surface area contributed by atoms with Crippen molar-refractivity contribution in [2.24, 2.45) is 10.9 Å². The van der Waals surface area contributed by atoms with Crippen molar-refractivity contribution in [2.75, 3.05) is 33.7 Å². The molecule has 1 fully saturated rings. The maximum Gasteiger partial charge on any atom is 0.220 e. The molecule has 2 rings (SSSR count). The van der Waals surface area contributed by atoms with Gasteiger partial charge < -0.3 is 15.5 Å². The Morgan fingerprint density at radius 2 is 2.12 bits per heavy atom. The predicted octanol–water partition coefficient (Wildman–Crippen LogP) is 2.32. The van der Waals surface area contributed by atoms with Gasteiger partial charge in [0.15, 0.2) is 5.96 Å². The first kappa shape index (κ1) is 22.0. The van der Waals surface area contributed by atoms with Crippen LogP contribution in [0.4, 0.5) is 0 Å². The van der Waals surface area contributed by atoms with Crippen molar-refractivity contribution in [1.82, 2.24) is 20.5 Å². The molecule has 1 aromatic heterocycles. The van der Waals surface area contributed by atoms with Gasteiger partial charge in [-0.2, -0.15) is 0 Å². The van der Waals surface area contributed by atoms with E-state index in [1.807, 2.05) is 19.2 Å². The first-order valence-corrected chi connectivity index (χ1v) is 8.76. The summed E-state index contributed by atoms with van der Waals surface area (Å²) in [5, 5.41) is 6.62. The van der Waals surface area contributed by atoms with Crippen molar-refractivity contribution in [3.05, 3.63) is 29.0 Å². The molecule has 1 aromatic rings. The smallest absolute Gasteiger partial charge is 0.220 e. The van der Waals surface area contributed by atoms with Crippen molar-refractivity contribution in [2.45, 2.75) is 25.7 Å². The number of pyridine rings is 1. The lowest BCUT2D eigenvalue weighted by Crippen LogP contribution is -2.46. The summed E-state index contributed by atoms with van der Waals surface area (Å²) in [7, 11) is 3.50. The lowest BCUT2D eigenvalue weighted by molar-refractivity contribution is -0.121. The van der Waals surface area contributed by atoms with Crippen LogP contribution in [0.25, 0.3) is 0 Å². The van der Waals surface area contributed by atoms with Crippen LogP contribution in [0.3, 0.4) is 0 Å². The molecule has 2 N–H and O–H groups in total. The monoisotopic (exact) mass is 479 g/mol. The van der Waals surface area contributed by atoms with Crippen LogP contribution in [0.15, 0.2) is 23.3 Å². The number of carbonyl (C=O) groups is 1. The van der Waals surface area contributed by atoms with Gasteiger partial charge >= 0.3 is 0 Å². The van der Waals surface area contributed by atoms with Crippen LogP contribution >= 0.6 is 35.6 Å². The highest BCUT2D eigenvalue weighted by Gasteiger charge is 2.22. The highest BCUT2D eigenvalue weighted by atomic mass is 127. The molecule has 8 heteroatoms. The summed E-state index contributed by atoms with van der Waals surface area (Å²) in [6.07, 6.45) is 5.34. The van der Waals surface area contributed by atoms with Crippen LogP contribution in [0.5, 0.6) is 0 Å². The average Bonchev–Trinajstić information content (AvgIpc) is 2.61. The van der Waals surface area contributed by atoms with Crippen molar-refractivity contribution in [3.63, 3.8) is 0 Å². The van der Waals surface area contributed by atoms with E-state index in [2.05, 4.69) is 25.5 Å². The molecule has 25 heavy (non-hydrogen) atoms. The Labute approximate surface area is 171 Å². The number of piperidine rings is 1. The Kier molecular flexibility index (Phi) is 10.1. The summed E-state index contributed by atoms with van der Waals surface area (Å²) in [6, 6.07) is 3.80. The van der Waals surface area contributed by atoms with Crippen LogP contribution in [0.2, 0.25) is 5.15 Å². The van der Waals surface area contributed by atoms with Crippen LogP contribution < -0.4 is 10.6 Å². The molecule has 0 unspecified atom stereocenters. The van der Waals surface area contributed by atoms with Gasteiger partial charge in [0.1, 0.15) is 5.15 Å². The molecule has 6 nitrogen and oxygen atoms in total. The summed E-state index contributed by atoms with van der Waals surface area (Å²) in [5.74, 6) is 1.53. The van der Waals surface area contributed by atoms with Gasteiger partial charge in [0.25, 0.3) is 0 Å². The number of likely N-dealkylation sites (tertiary alicyclic amines) is 1. The van der Waals surface area contributed by atoms with E-state index < -0.39 is 0 Å². The number of guanidine groups is 1. The van der Waals surface area contributed by atoms with E-state index in [9.17, 15) is 4.79 Å². The zero-order chi connectivity index (χ0) is 17.4. The number of hydrogen-bond donors (Lipinski definition) is 2. The van der Waals surface area contributed by atoms with Crippen LogP contribution in [0, 0.1) is 5.92 Å². The molecule has 1 amide bonds. The van der Waals surface area contributed by atoms with E-state index in [1.54, 1.807) is 13.2 Å². The minimum atomic E-state index is 0. The molecule has 0 aliphatic carbocycles. The van der Waals surface area contributed by atoms with E-state index in [0.717, 1.165) is 50.4 Å². The molecule has 0 aromatic carbocycles. The molecule has 0 atom stereocenters. The van der Waals surface area contributed by atoms with E-state index in [4.69, 9.17) is 11.6 Å². The molecule has 2 heterocycles. The Bertz CT molecular complexity index is 559. The molecule has 0 radical (unpaired) electrons. The third kappa shape index (κ3) is 7.35. The number of nitrogens with one attached hydrogen (secondary N) is 2. The number of amides is 1. The van der Waals surface area contributed by atoms with Gasteiger partial charge in [-0.15, -0.1) is 24.0 Å². The third-order valence-corrected chi connectivity index (χ3v) is 4.59. The van der Waals surface area contributed by atoms with Gasteiger partial charge in [0, 0.05) is 46.3 Å². The second kappa shape index (κ2) is 11.5. The fourth-order valence-corrected chi connectivity index (χ4v) is 3.03. The van der Waals surface area contributed by atoms with Crippen LogP contribution in [-0.2, 0) is 11.2 Å². The average molecular weight is 480 g/mol. The lowest BCUT2D eigenvalue weighted by atomic mass is 9.93. The minimum absolute atomic E-state index is 0. The van der Waals surface area contributed by atoms with E-state index in [1.165, 1.54) is 0 Å². The van der Waals surface area contributed by atoms with Gasteiger partial charge in [-0.05, 0) is 36.8 Å². The first-order chi connectivity index (χ1) is 11.6. The molecule has 0 saturated carbocycles. The highest BCUT2D eigenvalue weighted by Crippen LogP contribution is 2.20. The number of nitrogens with zero attached hydrogens (tertiary/aromatic N) is 3. The van der Waals surface area contributed by atoms with Gasteiger partial charge in [-0.1, -0.05) is 17.7 Å². The van der Waals surface area contributed by atoms with Gasteiger partial charge in [-0.3, -0.25) is 9.79 Å². The van der Waals surface area contributed by atoms with E-state index in [-0.39, 0.29) is 29.9 Å². The van der Waals surface area contributed by atoms with Gasteiger partial charge in [0.2, 0.25) is 5.91 Å². The van der Waals surface area contributed by atoms with Gasteiger partial charge in [-0.25, -0.2) is 4.98 Å². The molecule has 140 valence electrons. The fraction of sp³-hybridized carbons (Fsp3) is 0.588. The summed E-state index contributed by atoms with van der Waals surface area (Å²) < 4.78 is 0. The van der Waals surface area contributed by atoms with Crippen molar-refractivity contribution >= 4 is 47.4 Å². The van der Waals surface area contributed by atoms with Crippen molar-refractivity contribution in [3.8, 4) is 0 Å². The maximum atomic E-state index is 11.5. The lowest BCUT2D eigenvalue weighted by Gasteiger charge is -2.34. The third-order valence-electron chi connectivity index (χ3n) is 4.36. The number of carbonyl (C=O) groups excluding carboxylic acids is 1. The zero-order valence-corrected chi connectivity index (χ0v) is 17.9. The first-order valence-electron chi connectivity index (χ1n) is 8.39. The molecule has 1 aliphatic heterocycles. The Balaban J connectivity index is 0.00000312. The number of halogens is 2. The second-order valence-corrected chi connectivity index (χ2v) is 6.41. The number of aliphatic imine (C=N–C) groups is 1. The summed E-state index contributed by atoms with van der Waals surface area (Å²) in [4.78, 5) is 22.2. The topological polar surface area (TPSA) is 69.6 Å². The SMILES string of the molecule is CN=C(NCCc1ccc(Cl)nc1)N1CCC(CC(=O)NC)CC1.I. The molecule has 0 bridgehead atoms. The van der Waals surface area contributed by atoms with Crippen LogP contribution in [0.1, 0.15) is 24.8 Å². The molecular weight excluding hydrogens is 453 g/mol. The second-order valence-electron chi connectivity index (χ2n) is 6.02.